The van der Waals surface area contributed by atoms with Gasteiger partial charge in [-0.15, -0.1) is 0 Å². The van der Waals surface area contributed by atoms with Crippen LogP contribution in [-0.4, -0.2) is 40.0 Å². The van der Waals surface area contributed by atoms with Gasteiger partial charge in [0.25, 0.3) is 0 Å². The highest BCUT2D eigenvalue weighted by Gasteiger charge is 2.43. The van der Waals surface area contributed by atoms with E-state index in [0.717, 1.165) is 43.2 Å². The Labute approximate surface area is 208 Å². The smallest absolute Gasteiger partial charge is 0.368 e. The van der Waals surface area contributed by atoms with Crippen LogP contribution < -0.4 is 9.64 Å². The van der Waals surface area contributed by atoms with E-state index in [0.29, 0.717) is 16.8 Å². The minimum absolute atomic E-state index is 0.0734. The minimum atomic E-state index is -3.22. The van der Waals surface area contributed by atoms with Crippen molar-refractivity contribution in [1.82, 2.24) is 0 Å². The van der Waals surface area contributed by atoms with E-state index < -0.39 is 22.4 Å². The van der Waals surface area contributed by atoms with Gasteiger partial charge in [0.05, 0.1) is 10.6 Å². The number of carboxylic acid groups (broad SMARTS) is 1. The second-order valence-electron chi connectivity index (χ2n) is 9.58. The summed E-state index contributed by atoms with van der Waals surface area (Å²) in [5.41, 5.74) is 2.23. The lowest BCUT2D eigenvalue weighted by Crippen LogP contribution is -2.28. The molecule has 35 heavy (non-hydrogen) atoms. The quantitative estimate of drug-likeness (QED) is 0.245. The molecule has 2 atom stereocenters. The first-order valence-corrected chi connectivity index (χ1v) is 13.7. The van der Waals surface area contributed by atoms with Gasteiger partial charge in [-0.2, -0.15) is 15.0 Å². The number of benzene rings is 2. The maximum absolute atomic E-state index is 13.7. The van der Waals surface area contributed by atoms with Gasteiger partial charge in [-0.25, -0.2) is 4.79 Å². The van der Waals surface area contributed by atoms with Crippen molar-refractivity contribution in [3.63, 3.8) is 0 Å². The number of rotatable bonds is 9. The highest BCUT2D eigenvalue weighted by Crippen LogP contribution is 2.63. The molecule has 2 unspecified atom stereocenters. The maximum atomic E-state index is 13.7. The predicted octanol–water partition coefficient (Wildman–Crippen LogP) is 7.26. The van der Waals surface area contributed by atoms with Crippen molar-refractivity contribution >= 4 is 22.2 Å². The van der Waals surface area contributed by atoms with Crippen LogP contribution in [-0.2, 0) is 4.79 Å². The van der Waals surface area contributed by atoms with Crippen molar-refractivity contribution in [1.29, 1.82) is 0 Å². The van der Waals surface area contributed by atoms with Gasteiger partial charge in [-0.1, -0.05) is 57.0 Å². The van der Waals surface area contributed by atoms with Crippen LogP contribution in [0.3, 0.4) is 0 Å². The molecule has 192 valence electrons. The van der Waals surface area contributed by atoms with Gasteiger partial charge >= 0.3 is 5.97 Å². The van der Waals surface area contributed by atoms with Crippen LogP contribution in [0.1, 0.15) is 63.0 Å². The zero-order valence-electron chi connectivity index (χ0n) is 20.8. The van der Waals surface area contributed by atoms with E-state index >= 15 is 0 Å². The summed E-state index contributed by atoms with van der Waals surface area (Å²) in [6.07, 6.45) is 5.04. The molecule has 2 aromatic rings. The summed E-state index contributed by atoms with van der Waals surface area (Å²) in [5, 5.41) is 8.86. The standard InChI is InChI=1S/C27H36FNO5S/c1-5-7-13-27(6-2)16-21(19-11-9-8-10-12-19)20-14-23(29(3)4)24(34-17-22(28)26(30)31)15-25(20)35(32,33)18-27/h8-12,14-15,17,21,32-33H,5-7,13,16,18H2,1-4H3,(H,30,31). The van der Waals surface area contributed by atoms with Crippen LogP contribution in [0.25, 0.3) is 0 Å². The van der Waals surface area contributed by atoms with Gasteiger partial charge in [-0.3, -0.25) is 9.11 Å². The molecular weight excluding hydrogens is 469 g/mol. The lowest BCUT2D eigenvalue weighted by atomic mass is 9.71. The molecule has 0 spiro atoms. The second kappa shape index (κ2) is 11.0. The number of nitrogens with zero attached hydrogens (tertiary/aromatic N) is 1. The molecule has 0 saturated heterocycles. The van der Waals surface area contributed by atoms with Gasteiger partial charge < -0.3 is 14.7 Å². The Morgan fingerprint density at radius 3 is 2.49 bits per heavy atom. The lowest BCUT2D eigenvalue weighted by Gasteiger charge is -2.41. The molecule has 0 aliphatic carbocycles. The number of anilines is 1. The molecule has 1 aliphatic heterocycles. The highest BCUT2D eigenvalue weighted by molar-refractivity contribution is 8.24. The highest BCUT2D eigenvalue weighted by atomic mass is 32.3. The molecule has 0 bridgehead atoms. The number of hydrogen-bond acceptors (Lipinski definition) is 5. The fourth-order valence-electron chi connectivity index (χ4n) is 4.97. The third-order valence-electron chi connectivity index (χ3n) is 6.95. The van der Waals surface area contributed by atoms with Crippen molar-refractivity contribution < 1.29 is 28.1 Å². The molecule has 0 amide bonds. The Morgan fingerprint density at radius 2 is 1.91 bits per heavy atom. The summed E-state index contributed by atoms with van der Waals surface area (Å²) in [4.78, 5) is 13.1. The molecule has 8 heteroatoms. The summed E-state index contributed by atoms with van der Waals surface area (Å²) >= 11 is 0. The van der Waals surface area contributed by atoms with E-state index in [2.05, 4.69) is 26.0 Å². The minimum Gasteiger partial charge on any atom is -0.476 e. The maximum Gasteiger partial charge on any atom is 0.368 e. The van der Waals surface area contributed by atoms with Crippen molar-refractivity contribution in [3.8, 4) is 5.75 Å². The molecule has 1 aliphatic rings. The average molecular weight is 506 g/mol. The van der Waals surface area contributed by atoms with E-state index in [9.17, 15) is 18.3 Å². The first kappa shape index (κ1) is 27.0. The second-order valence-corrected chi connectivity index (χ2v) is 11.6. The van der Waals surface area contributed by atoms with Crippen LogP contribution in [0.4, 0.5) is 10.1 Å². The van der Waals surface area contributed by atoms with Gasteiger partial charge in [0, 0.05) is 31.8 Å². The molecule has 1 heterocycles. The zero-order chi connectivity index (χ0) is 25.8. The molecule has 3 rings (SSSR count). The summed E-state index contributed by atoms with van der Waals surface area (Å²) in [5.74, 6) is -2.84. The summed E-state index contributed by atoms with van der Waals surface area (Å²) in [6, 6.07) is 13.5. The average Bonchev–Trinajstić information content (AvgIpc) is 2.93. The van der Waals surface area contributed by atoms with Crippen LogP contribution >= 0.6 is 10.6 Å². The third kappa shape index (κ3) is 6.00. The Morgan fingerprint density at radius 1 is 1.23 bits per heavy atom. The predicted molar refractivity (Wildman–Crippen MR) is 139 cm³/mol. The number of hydrogen-bond donors (Lipinski definition) is 3. The fourth-order valence-corrected chi connectivity index (χ4v) is 7.32. The van der Waals surface area contributed by atoms with Crippen LogP contribution in [0.5, 0.6) is 5.75 Å². The van der Waals surface area contributed by atoms with Crippen LogP contribution in [0, 0.1) is 5.41 Å². The molecule has 0 fully saturated rings. The number of ether oxygens (including phenoxy) is 1. The largest absolute Gasteiger partial charge is 0.476 e. The molecule has 6 nitrogen and oxygen atoms in total. The topological polar surface area (TPSA) is 90.2 Å². The van der Waals surface area contributed by atoms with Gasteiger partial charge in [0.15, 0.2) is 5.75 Å². The summed E-state index contributed by atoms with van der Waals surface area (Å²) in [6.45, 7) is 4.25. The Balaban J connectivity index is 2.25. The Bertz CT molecular complexity index is 1070. The van der Waals surface area contributed by atoms with E-state index in [4.69, 9.17) is 9.84 Å². The van der Waals surface area contributed by atoms with Gasteiger partial charge in [-0.05, 0) is 41.9 Å². The normalized spacial score (nSPS) is 22.6. The molecule has 2 aromatic carbocycles. The van der Waals surface area contributed by atoms with E-state index in [1.165, 1.54) is 0 Å². The summed E-state index contributed by atoms with van der Waals surface area (Å²) in [7, 11) is 0.384. The van der Waals surface area contributed by atoms with Crippen LogP contribution in [0.15, 0.2) is 59.4 Å². The molecule has 3 N–H and O–H groups in total. The molecule has 0 radical (unpaired) electrons. The molecule has 0 saturated carbocycles. The zero-order valence-corrected chi connectivity index (χ0v) is 21.6. The summed E-state index contributed by atoms with van der Waals surface area (Å²) < 4.78 is 42.2. The van der Waals surface area contributed by atoms with E-state index in [-0.39, 0.29) is 22.8 Å². The van der Waals surface area contributed by atoms with E-state index in [1.807, 2.05) is 24.3 Å². The van der Waals surface area contributed by atoms with Gasteiger partial charge in [0.1, 0.15) is 6.26 Å². The van der Waals surface area contributed by atoms with Crippen molar-refractivity contribution in [2.75, 3.05) is 24.7 Å². The number of aliphatic carboxylic acids is 1. The first-order chi connectivity index (χ1) is 16.5. The first-order valence-electron chi connectivity index (χ1n) is 12.0. The number of carbonyl (C=O) groups is 1. The number of fused-ring (bicyclic) bond motifs is 1. The molecule has 0 aromatic heterocycles. The van der Waals surface area contributed by atoms with Gasteiger partial charge in [0.2, 0.25) is 5.83 Å². The van der Waals surface area contributed by atoms with E-state index in [1.54, 1.807) is 25.1 Å². The number of carboxylic acids is 1. The Hall–Kier alpha value is -2.55. The Kier molecular flexibility index (Phi) is 8.51. The monoisotopic (exact) mass is 505 g/mol. The SMILES string of the molecule is CCCCC1(CC)CC(c2ccccc2)c2cc(N(C)C)c(OC=C(F)C(=O)O)cc2S(O)(O)C1. The fraction of sp³-hybridized carbons (Fsp3) is 0.444. The van der Waals surface area contributed by atoms with Crippen molar-refractivity contribution in [2.45, 2.75) is 56.8 Å². The van der Waals surface area contributed by atoms with Crippen LogP contribution in [0.2, 0.25) is 0 Å². The van der Waals surface area contributed by atoms with Crippen molar-refractivity contribution in [2.24, 2.45) is 5.41 Å². The van der Waals surface area contributed by atoms with Crippen molar-refractivity contribution in [3.05, 3.63) is 65.7 Å². The number of halogens is 1. The number of unbranched alkanes of at least 4 members (excludes halogenated alkanes) is 1. The molecular formula is C27H36FNO5S. The lowest BCUT2D eigenvalue weighted by molar-refractivity contribution is -0.134. The third-order valence-corrected chi connectivity index (χ3v) is 9.02.